The average molecular weight is 235 g/mol. The van der Waals surface area contributed by atoms with Gasteiger partial charge < -0.3 is 10.2 Å². The second kappa shape index (κ2) is 7.41. The van der Waals surface area contributed by atoms with Gasteiger partial charge in [0.15, 0.2) is 0 Å². The molecule has 3 nitrogen and oxygen atoms in total. The van der Waals surface area contributed by atoms with Gasteiger partial charge in [0.05, 0.1) is 5.69 Å². The van der Waals surface area contributed by atoms with E-state index in [9.17, 15) is 0 Å². The van der Waals surface area contributed by atoms with Gasteiger partial charge in [-0.25, -0.2) is 0 Å². The van der Waals surface area contributed by atoms with Crippen LogP contribution < -0.4 is 5.32 Å². The van der Waals surface area contributed by atoms with E-state index >= 15 is 0 Å². The van der Waals surface area contributed by atoms with Gasteiger partial charge in [0.1, 0.15) is 0 Å². The molecular weight excluding hydrogens is 210 g/mol. The topological polar surface area (TPSA) is 28.2 Å². The fraction of sp³-hybridized carbons (Fsp3) is 0.643. The maximum Gasteiger partial charge on any atom is 0.0544 e. The summed E-state index contributed by atoms with van der Waals surface area (Å²) in [6.45, 7) is 9.47. The van der Waals surface area contributed by atoms with Crippen LogP contribution in [0.4, 0.5) is 0 Å². The molecule has 0 aromatic carbocycles. The second-order valence-electron chi connectivity index (χ2n) is 4.68. The van der Waals surface area contributed by atoms with Crippen molar-refractivity contribution < 1.29 is 0 Å². The minimum absolute atomic E-state index is 0.661. The van der Waals surface area contributed by atoms with Crippen LogP contribution in [-0.2, 0) is 6.54 Å². The Balaban J connectivity index is 2.20. The first-order valence-corrected chi connectivity index (χ1v) is 6.47. The van der Waals surface area contributed by atoms with E-state index in [0.29, 0.717) is 6.04 Å². The van der Waals surface area contributed by atoms with Gasteiger partial charge in [-0.05, 0) is 39.4 Å². The van der Waals surface area contributed by atoms with Crippen LogP contribution in [0.2, 0.25) is 0 Å². The zero-order valence-corrected chi connectivity index (χ0v) is 11.5. The Hall–Kier alpha value is -0.930. The van der Waals surface area contributed by atoms with Gasteiger partial charge in [-0.1, -0.05) is 13.0 Å². The molecule has 0 aliphatic carbocycles. The van der Waals surface area contributed by atoms with Crippen LogP contribution in [0.1, 0.15) is 31.7 Å². The first kappa shape index (κ1) is 14.1. The third-order valence-electron chi connectivity index (χ3n) is 3.24. The average Bonchev–Trinajstić information content (AvgIpc) is 2.33. The predicted molar refractivity (Wildman–Crippen MR) is 73.1 cm³/mol. The smallest absolute Gasteiger partial charge is 0.0544 e. The van der Waals surface area contributed by atoms with Gasteiger partial charge >= 0.3 is 0 Å². The molecule has 1 atom stereocenters. The number of nitrogens with zero attached hydrogens (tertiary/aromatic N) is 2. The Morgan fingerprint density at radius 1 is 1.41 bits per heavy atom. The molecule has 3 heteroatoms. The molecule has 96 valence electrons. The molecule has 17 heavy (non-hydrogen) atoms. The van der Waals surface area contributed by atoms with Gasteiger partial charge in [-0.3, -0.25) is 4.98 Å². The molecule has 1 aromatic heterocycles. The van der Waals surface area contributed by atoms with Crippen molar-refractivity contribution in [1.29, 1.82) is 0 Å². The second-order valence-corrected chi connectivity index (χ2v) is 4.68. The van der Waals surface area contributed by atoms with Crippen molar-refractivity contribution in [3.05, 3.63) is 29.6 Å². The standard InChI is InChI=1S/C14H25N3/c1-5-13(3)17(4)10-9-15-11-14-8-6-7-12(2)16-14/h6-8,13,15H,5,9-11H2,1-4H3. The third-order valence-corrected chi connectivity index (χ3v) is 3.24. The van der Waals surface area contributed by atoms with E-state index < -0.39 is 0 Å². The van der Waals surface area contributed by atoms with Crippen molar-refractivity contribution in [2.75, 3.05) is 20.1 Å². The zero-order chi connectivity index (χ0) is 12.7. The Kier molecular flexibility index (Phi) is 6.16. The number of pyridine rings is 1. The van der Waals surface area contributed by atoms with E-state index in [4.69, 9.17) is 0 Å². The van der Waals surface area contributed by atoms with E-state index in [1.165, 1.54) is 6.42 Å². The first-order chi connectivity index (χ1) is 8.13. The number of aryl methyl sites for hydroxylation is 1. The summed E-state index contributed by atoms with van der Waals surface area (Å²) < 4.78 is 0. The van der Waals surface area contributed by atoms with E-state index in [1.54, 1.807) is 0 Å². The summed E-state index contributed by atoms with van der Waals surface area (Å²) in [6.07, 6.45) is 1.20. The third kappa shape index (κ3) is 5.29. The van der Waals surface area contributed by atoms with Crippen LogP contribution in [0.15, 0.2) is 18.2 Å². The number of nitrogens with one attached hydrogen (secondary N) is 1. The maximum atomic E-state index is 4.47. The molecule has 1 N–H and O–H groups in total. The molecule has 0 radical (unpaired) electrons. The van der Waals surface area contributed by atoms with Gasteiger partial charge in [0, 0.05) is 31.4 Å². The monoisotopic (exact) mass is 235 g/mol. The molecule has 0 amide bonds. The Morgan fingerprint density at radius 3 is 2.82 bits per heavy atom. The molecule has 0 saturated carbocycles. The molecule has 0 fully saturated rings. The molecule has 0 bridgehead atoms. The van der Waals surface area contributed by atoms with Gasteiger partial charge in [-0.2, -0.15) is 0 Å². The SMILES string of the molecule is CCC(C)N(C)CCNCc1cccc(C)n1. The Bertz CT molecular complexity index is 325. The maximum absolute atomic E-state index is 4.47. The van der Waals surface area contributed by atoms with Crippen molar-refractivity contribution >= 4 is 0 Å². The molecule has 1 aromatic rings. The van der Waals surface area contributed by atoms with Gasteiger partial charge in [0.25, 0.3) is 0 Å². The number of rotatable bonds is 7. The first-order valence-electron chi connectivity index (χ1n) is 6.47. The number of aromatic nitrogens is 1. The quantitative estimate of drug-likeness (QED) is 0.734. The van der Waals surface area contributed by atoms with Crippen molar-refractivity contribution in [2.45, 2.75) is 39.8 Å². The number of hydrogen-bond acceptors (Lipinski definition) is 3. The molecular formula is C14H25N3. The summed E-state index contributed by atoms with van der Waals surface area (Å²) in [5.74, 6) is 0. The van der Waals surface area contributed by atoms with Crippen LogP contribution in [-0.4, -0.2) is 36.1 Å². The zero-order valence-electron chi connectivity index (χ0n) is 11.5. The summed E-state index contributed by atoms with van der Waals surface area (Å²) in [4.78, 5) is 6.85. The summed E-state index contributed by atoms with van der Waals surface area (Å²) in [6, 6.07) is 6.82. The highest BCUT2D eigenvalue weighted by Gasteiger charge is 2.05. The van der Waals surface area contributed by atoms with Crippen LogP contribution >= 0.6 is 0 Å². The van der Waals surface area contributed by atoms with E-state index in [-0.39, 0.29) is 0 Å². The molecule has 1 unspecified atom stereocenters. The lowest BCUT2D eigenvalue weighted by Crippen LogP contribution is -2.34. The summed E-state index contributed by atoms with van der Waals surface area (Å²) in [5, 5.41) is 3.43. The van der Waals surface area contributed by atoms with Gasteiger partial charge in [-0.15, -0.1) is 0 Å². The van der Waals surface area contributed by atoms with Gasteiger partial charge in [0.2, 0.25) is 0 Å². The molecule has 0 aliphatic heterocycles. The Labute approximate surface area is 105 Å². The van der Waals surface area contributed by atoms with Crippen molar-refractivity contribution in [1.82, 2.24) is 15.2 Å². The van der Waals surface area contributed by atoms with Crippen LogP contribution in [0, 0.1) is 6.92 Å². The normalized spacial score (nSPS) is 13.0. The van der Waals surface area contributed by atoms with Crippen LogP contribution in [0.25, 0.3) is 0 Å². The van der Waals surface area contributed by atoms with Crippen molar-refractivity contribution in [2.24, 2.45) is 0 Å². The summed E-state index contributed by atoms with van der Waals surface area (Å²) >= 11 is 0. The highest BCUT2D eigenvalue weighted by atomic mass is 15.1. The lowest BCUT2D eigenvalue weighted by molar-refractivity contribution is 0.251. The lowest BCUT2D eigenvalue weighted by atomic mass is 10.2. The fourth-order valence-electron chi connectivity index (χ4n) is 1.70. The molecule has 0 saturated heterocycles. The summed E-state index contributed by atoms with van der Waals surface area (Å²) in [7, 11) is 2.18. The predicted octanol–water partition coefficient (Wildman–Crippen LogP) is 2.21. The van der Waals surface area contributed by atoms with Crippen LogP contribution in [0.5, 0.6) is 0 Å². The minimum atomic E-state index is 0.661. The van der Waals surface area contributed by atoms with E-state index in [0.717, 1.165) is 31.0 Å². The summed E-state index contributed by atoms with van der Waals surface area (Å²) in [5.41, 5.74) is 2.21. The molecule has 0 spiro atoms. The van der Waals surface area contributed by atoms with E-state index in [1.807, 2.05) is 13.0 Å². The number of likely N-dealkylation sites (N-methyl/N-ethyl adjacent to an activating group) is 1. The Morgan fingerprint density at radius 2 is 2.18 bits per heavy atom. The van der Waals surface area contributed by atoms with Crippen LogP contribution in [0.3, 0.4) is 0 Å². The molecule has 1 rings (SSSR count). The molecule has 1 heterocycles. The minimum Gasteiger partial charge on any atom is -0.310 e. The highest BCUT2D eigenvalue weighted by molar-refractivity contribution is 5.09. The fourth-order valence-corrected chi connectivity index (χ4v) is 1.70. The van der Waals surface area contributed by atoms with Crippen molar-refractivity contribution in [3.63, 3.8) is 0 Å². The lowest BCUT2D eigenvalue weighted by Gasteiger charge is -2.23. The molecule has 0 aliphatic rings. The largest absolute Gasteiger partial charge is 0.310 e. The van der Waals surface area contributed by atoms with E-state index in [2.05, 4.69) is 48.2 Å². The van der Waals surface area contributed by atoms with Crippen molar-refractivity contribution in [3.8, 4) is 0 Å². The number of hydrogen-bond donors (Lipinski definition) is 1. The highest BCUT2D eigenvalue weighted by Crippen LogP contribution is 1.99.